The Morgan fingerprint density at radius 1 is 1.07 bits per heavy atom. The summed E-state index contributed by atoms with van der Waals surface area (Å²) in [6.45, 7) is -1.44. The van der Waals surface area contributed by atoms with Crippen LogP contribution < -0.4 is 5.43 Å². The van der Waals surface area contributed by atoms with E-state index >= 15 is 0 Å². The molecule has 27 heavy (non-hydrogen) atoms. The van der Waals surface area contributed by atoms with Crippen molar-refractivity contribution in [2.75, 3.05) is 20.1 Å². The highest BCUT2D eigenvalue weighted by molar-refractivity contribution is 6.10. The molecule has 2 aromatic carbocycles. The zero-order valence-corrected chi connectivity index (χ0v) is 14.5. The van der Waals surface area contributed by atoms with E-state index in [1.807, 2.05) is 0 Å². The first kappa shape index (κ1) is 20.3. The summed E-state index contributed by atoms with van der Waals surface area (Å²) in [6, 6.07) is 14.9. The number of alkyl halides is 3. The van der Waals surface area contributed by atoms with Gasteiger partial charge in [-0.05, 0) is 6.07 Å². The maximum absolute atomic E-state index is 12.6. The molecule has 5 nitrogen and oxygen atoms in total. The quantitative estimate of drug-likeness (QED) is 0.265. The maximum Gasteiger partial charge on any atom is 0.403 e. The summed E-state index contributed by atoms with van der Waals surface area (Å²) >= 11 is 0. The zero-order chi connectivity index (χ0) is 19.9. The predicted octanol–water partition coefficient (Wildman–Crippen LogP) is 2.86. The second kappa shape index (κ2) is 9.09. The van der Waals surface area contributed by atoms with Crippen LogP contribution in [0.1, 0.15) is 21.5 Å². The fourth-order valence-corrected chi connectivity index (χ4v) is 2.37. The molecule has 0 spiro atoms. The van der Waals surface area contributed by atoms with Gasteiger partial charge in [0.25, 0.3) is 0 Å². The minimum Gasteiger partial charge on any atom is -0.303 e. The molecule has 0 atom stereocenters. The molecule has 2 aromatic rings. The molecule has 0 saturated carbocycles. The van der Waals surface area contributed by atoms with Crippen LogP contribution in [0, 0.1) is 0 Å². The lowest BCUT2D eigenvalue weighted by Gasteiger charge is -2.22. The summed E-state index contributed by atoms with van der Waals surface area (Å²) in [5.74, 6) is -0.160. The first-order chi connectivity index (χ1) is 12.8. The van der Waals surface area contributed by atoms with Crippen molar-refractivity contribution in [1.29, 1.82) is 0 Å². The first-order valence-electron chi connectivity index (χ1n) is 8.03. The second-order valence-corrected chi connectivity index (χ2v) is 5.71. The zero-order valence-electron chi connectivity index (χ0n) is 14.5. The SMILES string of the molecule is CN(CC(F)(F)F)NC(=NCC=O)c1cccc(C(=O)c2ccccc2)c1. The number of amidine groups is 1. The van der Waals surface area contributed by atoms with Gasteiger partial charge in [-0.3, -0.25) is 9.79 Å². The number of nitrogens with one attached hydrogen (secondary N) is 1. The third-order valence-electron chi connectivity index (χ3n) is 3.47. The number of nitrogens with zero attached hydrogens (tertiary/aromatic N) is 2. The molecule has 0 heterocycles. The molecule has 0 aliphatic rings. The molecule has 0 bridgehead atoms. The number of carbonyl (C=O) groups is 2. The smallest absolute Gasteiger partial charge is 0.303 e. The Balaban J connectivity index is 2.28. The summed E-state index contributed by atoms with van der Waals surface area (Å²) in [5, 5.41) is 0.815. The Kier molecular flexibility index (Phi) is 6.84. The van der Waals surface area contributed by atoms with Crippen LogP contribution in [-0.2, 0) is 4.79 Å². The number of halogens is 3. The average Bonchev–Trinajstić information content (AvgIpc) is 2.64. The standard InChI is InChI=1S/C19H18F3N3O2/c1-25(13-19(20,21)22)24-18(23-10-11-26)16-9-5-8-15(12-16)17(27)14-6-3-2-4-7-14/h2-9,11-12H,10,13H2,1H3,(H,23,24). The Bertz CT molecular complexity index is 820. The van der Waals surface area contributed by atoms with Crippen LogP contribution in [0.2, 0.25) is 0 Å². The van der Waals surface area contributed by atoms with Crippen LogP contribution in [0.3, 0.4) is 0 Å². The number of rotatable bonds is 7. The molecule has 0 saturated heterocycles. The molecular formula is C19H18F3N3O2. The molecule has 0 aliphatic heterocycles. The van der Waals surface area contributed by atoms with Crippen molar-refractivity contribution < 1.29 is 22.8 Å². The predicted molar refractivity (Wildman–Crippen MR) is 95.6 cm³/mol. The molecule has 142 valence electrons. The van der Waals surface area contributed by atoms with Crippen molar-refractivity contribution >= 4 is 17.9 Å². The number of hydrogen-bond donors (Lipinski definition) is 1. The first-order valence-corrected chi connectivity index (χ1v) is 8.03. The van der Waals surface area contributed by atoms with Crippen LogP contribution >= 0.6 is 0 Å². The van der Waals surface area contributed by atoms with E-state index in [-0.39, 0.29) is 18.2 Å². The molecule has 1 N–H and O–H groups in total. The van der Waals surface area contributed by atoms with Gasteiger partial charge in [-0.15, -0.1) is 0 Å². The fraction of sp³-hybridized carbons (Fsp3) is 0.211. The van der Waals surface area contributed by atoms with Gasteiger partial charge < -0.3 is 10.2 Å². The largest absolute Gasteiger partial charge is 0.403 e. The highest BCUT2D eigenvalue weighted by Crippen LogP contribution is 2.16. The molecule has 0 amide bonds. The van der Waals surface area contributed by atoms with Crippen LogP contribution in [0.15, 0.2) is 59.6 Å². The van der Waals surface area contributed by atoms with Gasteiger partial charge in [-0.25, -0.2) is 5.01 Å². The number of hydrazine groups is 1. The Morgan fingerprint density at radius 3 is 2.33 bits per heavy atom. The number of aliphatic imine (C=N–C) groups is 1. The van der Waals surface area contributed by atoms with Crippen molar-refractivity contribution in [1.82, 2.24) is 10.4 Å². The lowest BCUT2D eigenvalue weighted by atomic mass is 10.0. The summed E-state index contributed by atoms with van der Waals surface area (Å²) < 4.78 is 37.6. The van der Waals surface area contributed by atoms with Gasteiger partial charge in [0.05, 0.1) is 6.54 Å². The van der Waals surface area contributed by atoms with Gasteiger partial charge in [0.1, 0.15) is 18.7 Å². The number of ketones is 1. The van der Waals surface area contributed by atoms with Crippen molar-refractivity contribution in [3.8, 4) is 0 Å². The Labute approximate surface area is 154 Å². The summed E-state index contributed by atoms with van der Waals surface area (Å²) in [6.07, 6.45) is -3.87. The number of carbonyl (C=O) groups excluding carboxylic acids is 2. The molecule has 0 radical (unpaired) electrons. The van der Waals surface area contributed by atoms with Gasteiger partial charge >= 0.3 is 6.18 Å². The minimum absolute atomic E-state index is 0.0663. The summed E-state index contributed by atoms with van der Waals surface area (Å²) in [4.78, 5) is 27.2. The highest BCUT2D eigenvalue weighted by Gasteiger charge is 2.29. The molecule has 0 unspecified atom stereocenters. The van der Waals surface area contributed by atoms with Gasteiger partial charge in [0.2, 0.25) is 0 Å². The van der Waals surface area contributed by atoms with Gasteiger partial charge in [0.15, 0.2) is 5.78 Å². The van der Waals surface area contributed by atoms with E-state index in [9.17, 15) is 22.8 Å². The van der Waals surface area contributed by atoms with E-state index in [4.69, 9.17) is 0 Å². The minimum atomic E-state index is -4.40. The van der Waals surface area contributed by atoms with Crippen LogP contribution in [0.4, 0.5) is 13.2 Å². The van der Waals surface area contributed by atoms with Crippen molar-refractivity contribution in [2.24, 2.45) is 4.99 Å². The third kappa shape index (κ3) is 6.34. The average molecular weight is 377 g/mol. The highest BCUT2D eigenvalue weighted by atomic mass is 19.4. The van der Waals surface area contributed by atoms with E-state index < -0.39 is 12.7 Å². The maximum atomic E-state index is 12.6. The van der Waals surface area contributed by atoms with Gasteiger partial charge in [-0.1, -0.05) is 48.5 Å². The number of aldehydes is 1. The normalized spacial score (nSPS) is 12.1. The molecule has 0 aromatic heterocycles. The molecule has 8 heteroatoms. The number of hydrogen-bond acceptors (Lipinski definition) is 4. The van der Waals surface area contributed by atoms with E-state index in [1.54, 1.807) is 48.5 Å². The fourth-order valence-electron chi connectivity index (χ4n) is 2.37. The van der Waals surface area contributed by atoms with Crippen LogP contribution in [0.5, 0.6) is 0 Å². The van der Waals surface area contributed by atoms with Crippen LogP contribution in [-0.4, -0.2) is 49.2 Å². The van der Waals surface area contributed by atoms with Gasteiger partial charge in [0, 0.05) is 23.7 Å². The second-order valence-electron chi connectivity index (χ2n) is 5.71. The van der Waals surface area contributed by atoms with E-state index in [2.05, 4.69) is 10.4 Å². The molecular weight excluding hydrogens is 359 g/mol. The Morgan fingerprint density at radius 2 is 1.70 bits per heavy atom. The monoisotopic (exact) mass is 377 g/mol. The van der Waals surface area contributed by atoms with E-state index in [0.717, 1.165) is 5.01 Å². The summed E-state index contributed by atoms with van der Waals surface area (Å²) in [7, 11) is 1.21. The van der Waals surface area contributed by atoms with Crippen LogP contribution in [0.25, 0.3) is 0 Å². The number of benzene rings is 2. The van der Waals surface area contributed by atoms with E-state index in [0.29, 0.717) is 23.0 Å². The Hall–Kier alpha value is -3.00. The third-order valence-corrected chi connectivity index (χ3v) is 3.47. The molecule has 0 fully saturated rings. The van der Waals surface area contributed by atoms with Gasteiger partial charge in [-0.2, -0.15) is 13.2 Å². The van der Waals surface area contributed by atoms with Crippen molar-refractivity contribution in [3.05, 3.63) is 71.3 Å². The topological polar surface area (TPSA) is 61.8 Å². The summed E-state index contributed by atoms with van der Waals surface area (Å²) in [5.41, 5.74) is 3.77. The van der Waals surface area contributed by atoms with Crippen molar-refractivity contribution in [2.45, 2.75) is 6.18 Å². The molecule has 2 rings (SSSR count). The lowest BCUT2D eigenvalue weighted by molar-refractivity contribution is -0.146. The molecule has 0 aliphatic carbocycles. The van der Waals surface area contributed by atoms with E-state index in [1.165, 1.54) is 13.1 Å². The lowest BCUT2D eigenvalue weighted by Crippen LogP contribution is -2.44. The van der Waals surface area contributed by atoms with Crippen molar-refractivity contribution in [3.63, 3.8) is 0 Å².